The molecule has 5 heteroatoms. The molecule has 0 saturated carbocycles. The van der Waals surface area contributed by atoms with E-state index in [1.165, 1.54) is 23.4 Å². The summed E-state index contributed by atoms with van der Waals surface area (Å²) in [5.74, 6) is 0.0331. The molecule has 0 spiro atoms. The van der Waals surface area contributed by atoms with Crippen molar-refractivity contribution in [3.05, 3.63) is 136 Å². The monoisotopic (exact) mass is 438 g/mol. The summed E-state index contributed by atoms with van der Waals surface area (Å²) in [7, 11) is 0. The molecular formula is C28H26N2O3. The first-order chi connectivity index (χ1) is 16.2. The predicted octanol–water partition coefficient (Wildman–Crippen LogP) is 4.91. The molecule has 3 aromatic carbocycles. The number of ether oxygens (including phenoxy) is 1. The Morgan fingerprint density at radius 3 is 2.00 bits per heavy atom. The van der Waals surface area contributed by atoms with Crippen LogP contribution in [-0.2, 0) is 6.61 Å². The fraction of sp³-hybridized carbons (Fsp3) is 0.143. The number of aromatic amines is 1. The zero-order valence-electron chi connectivity index (χ0n) is 18.2. The summed E-state index contributed by atoms with van der Waals surface area (Å²) in [6, 6.07) is 31.4. The molecule has 0 bridgehead atoms. The lowest BCUT2D eigenvalue weighted by atomic mass is 9.88. The Morgan fingerprint density at radius 1 is 0.848 bits per heavy atom. The van der Waals surface area contributed by atoms with Crippen LogP contribution < -0.4 is 15.5 Å². The van der Waals surface area contributed by atoms with Gasteiger partial charge < -0.3 is 15.0 Å². The Kier molecular flexibility index (Phi) is 7.33. The molecule has 33 heavy (non-hydrogen) atoms. The minimum atomic E-state index is -0.332. The number of hydrogen-bond acceptors (Lipinski definition) is 3. The van der Waals surface area contributed by atoms with Crippen LogP contribution in [0.3, 0.4) is 0 Å². The van der Waals surface area contributed by atoms with E-state index >= 15 is 0 Å². The molecule has 0 unspecified atom stereocenters. The van der Waals surface area contributed by atoms with Gasteiger partial charge in [0.25, 0.3) is 5.91 Å². The maximum Gasteiger partial charge on any atom is 0.267 e. The summed E-state index contributed by atoms with van der Waals surface area (Å²) in [6.45, 7) is 0.761. The van der Waals surface area contributed by atoms with Gasteiger partial charge in [0.1, 0.15) is 12.3 Å². The van der Waals surface area contributed by atoms with Gasteiger partial charge in [0, 0.05) is 24.7 Å². The number of amides is 1. The van der Waals surface area contributed by atoms with Crippen LogP contribution in [0.15, 0.2) is 108 Å². The number of aromatic nitrogens is 1. The number of hydrogen-bond donors (Lipinski definition) is 2. The Morgan fingerprint density at radius 2 is 1.42 bits per heavy atom. The topological polar surface area (TPSA) is 71.2 Å². The normalized spacial score (nSPS) is 10.7. The van der Waals surface area contributed by atoms with Crippen LogP contribution in [-0.4, -0.2) is 17.4 Å². The van der Waals surface area contributed by atoms with Crippen LogP contribution in [0, 0.1) is 0 Å². The molecule has 4 aromatic rings. The van der Waals surface area contributed by atoms with Crippen LogP contribution >= 0.6 is 0 Å². The van der Waals surface area contributed by atoms with Crippen LogP contribution in [0.1, 0.15) is 39.5 Å². The number of pyridine rings is 1. The van der Waals surface area contributed by atoms with Crippen molar-refractivity contribution in [1.29, 1.82) is 0 Å². The Labute approximate surface area is 193 Å². The van der Waals surface area contributed by atoms with Crippen LogP contribution in [0.4, 0.5) is 0 Å². The smallest absolute Gasteiger partial charge is 0.267 e. The quantitative estimate of drug-likeness (QED) is 0.390. The van der Waals surface area contributed by atoms with Crippen LogP contribution in [0.25, 0.3) is 0 Å². The molecule has 0 atom stereocenters. The van der Waals surface area contributed by atoms with Crippen molar-refractivity contribution in [1.82, 2.24) is 10.3 Å². The summed E-state index contributed by atoms with van der Waals surface area (Å²) >= 11 is 0. The van der Waals surface area contributed by atoms with E-state index < -0.39 is 0 Å². The van der Waals surface area contributed by atoms with E-state index in [-0.39, 0.29) is 35.3 Å². The summed E-state index contributed by atoms with van der Waals surface area (Å²) in [4.78, 5) is 27.9. The molecule has 0 aliphatic heterocycles. The third kappa shape index (κ3) is 5.98. The predicted molar refractivity (Wildman–Crippen MR) is 130 cm³/mol. The maximum absolute atomic E-state index is 12.6. The van der Waals surface area contributed by atoms with E-state index in [0.717, 1.165) is 12.0 Å². The van der Waals surface area contributed by atoms with Gasteiger partial charge in [0.15, 0.2) is 5.75 Å². The molecule has 0 aliphatic carbocycles. The average molecular weight is 439 g/mol. The summed E-state index contributed by atoms with van der Waals surface area (Å²) in [5, 5.41) is 2.92. The molecule has 1 amide bonds. The minimum absolute atomic E-state index is 0.167. The zero-order chi connectivity index (χ0) is 22.9. The molecular weight excluding hydrogens is 412 g/mol. The Bertz CT molecular complexity index is 1180. The fourth-order valence-corrected chi connectivity index (χ4v) is 3.76. The van der Waals surface area contributed by atoms with Gasteiger partial charge in [-0.05, 0) is 23.1 Å². The van der Waals surface area contributed by atoms with Gasteiger partial charge in [-0.25, -0.2) is 0 Å². The number of rotatable bonds is 9. The highest BCUT2D eigenvalue weighted by atomic mass is 16.5. The van der Waals surface area contributed by atoms with E-state index in [9.17, 15) is 9.59 Å². The largest absolute Gasteiger partial charge is 0.483 e. The lowest BCUT2D eigenvalue weighted by molar-refractivity contribution is 0.0947. The van der Waals surface area contributed by atoms with Crippen molar-refractivity contribution in [2.45, 2.75) is 18.9 Å². The molecule has 0 radical (unpaired) electrons. The maximum atomic E-state index is 12.6. The highest BCUT2D eigenvalue weighted by Crippen LogP contribution is 2.27. The molecule has 0 fully saturated rings. The Balaban J connectivity index is 1.36. The van der Waals surface area contributed by atoms with Crippen molar-refractivity contribution >= 4 is 5.91 Å². The molecule has 1 heterocycles. The molecule has 2 N–H and O–H groups in total. The summed E-state index contributed by atoms with van der Waals surface area (Å²) < 4.78 is 5.59. The Hall–Kier alpha value is -4.12. The number of carbonyl (C=O) groups excluding carboxylic acids is 1. The highest BCUT2D eigenvalue weighted by molar-refractivity contribution is 5.92. The fourth-order valence-electron chi connectivity index (χ4n) is 3.76. The molecule has 166 valence electrons. The molecule has 4 rings (SSSR count). The molecule has 5 nitrogen and oxygen atoms in total. The van der Waals surface area contributed by atoms with E-state index in [1.807, 2.05) is 66.7 Å². The lowest BCUT2D eigenvalue weighted by Gasteiger charge is -2.18. The third-order valence-corrected chi connectivity index (χ3v) is 5.48. The second kappa shape index (κ2) is 11.0. The SMILES string of the molecule is O=C(NCCC(c1ccccc1)c1ccccc1)c1cc(=O)c(OCc2ccccc2)c[nH]1. The van der Waals surface area contributed by atoms with E-state index in [4.69, 9.17) is 4.74 Å². The molecule has 1 aromatic heterocycles. The first kappa shape index (κ1) is 22.1. The van der Waals surface area contributed by atoms with Gasteiger partial charge in [-0.2, -0.15) is 0 Å². The van der Waals surface area contributed by atoms with Crippen molar-refractivity contribution < 1.29 is 9.53 Å². The zero-order valence-corrected chi connectivity index (χ0v) is 18.2. The summed E-state index contributed by atoms with van der Waals surface area (Å²) in [6.07, 6.45) is 2.18. The van der Waals surface area contributed by atoms with Gasteiger partial charge in [0.2, 0.25) is 5.43 Å². The van der Waals surface area contributed by atoms with Crippen LogP contribution in [0.2, 0.25) is 0 Å². The number of H-pyrrole nitrogens is 1. The van der Waals surface area contributed by atoms with Gasteiger partial charge in [-0.15, -0.1) is 0 Å². The molecule has 0 aliphatic rings. The van der Waals surface area contributed by atoms with Gasteiger partial charge in [-0.1, -0.05) is 91.0 Å². The van der Waals surface area contributed by atoms with E-state index in [1.54, 1.807) is 0 Å². The van der Waals surface area contributed by atoms with Crippen LogP contribution in [0.5, 0.6) is 5.75 Å². The average Bonchev–Trinajstić information content (AvgIpc) is 2.87. The minimum Gasteiger partial charge on any atom is -0.483 e. The van der Waals surface area contributed by atoms with Gasteiger partial charge >= 0.3 is 0 Å². The van der Waals surface area contributed by atoms with E-state index in [2.05, 4.69) is 34.6 Å². The second-order valence-corrected chi connectivity index (χ2v) is 7.77. The van der Waals surface area contributed by atoms with Gasteiger partial charge in [-0.3, -0.25) is 9.59 Å². The third-order valence-electron chi connectivity index (χ3n) is 5.48. The van der Waals surface area contributed by atoms with Crippen molar-refractivity contribution in [3.63, 3.8) is 0 Å². The second-order valence-electron chi connectivity index (χ2n) is 7.77. The van der Waals surface area contributed by atoms with Gasteiger partial charge in [0.05, 0.1) is 0 Å². The first-order valence-corrected chi connectivity index (χ1v) is 11.0. The number of benzene rings is 3. The summed E-state index contributed by atoms with van der Waals surface area (Å²) in [5.41, 5.74) is 3.24. The lowest BCUT2D eigenvalue weighted by Crippen LogP contribution is -2.27. The highest BCUT2D eigenvalue weighted by Gasteiger charge is 2.15. The standard InChI is InChI=1S/C28H26N2O3/c31-26-18-25(30-19-27(26)33-20-21-10-4-1-5-11-21)28(32)29-17-16-24(22-12-6-2-7-13-22)23-14-8-3-9-15-23/h1-15,18-19,24H,16-17,20H2,(H,29,32)(H,30,31). The molecule has 0 saturated heterocycles. The van der Waals surface area contributed by atoms with E-state index in [0.29, 0.717) is 6.54 Å². The number of nitrogens with one attached hydrogen (secondary N) is 2. The first-order valence-electron chi connectivity index (χ1n) is 11.0. The van der Waals surface area contributed by atoms with Crippen molar-refractivity contribution in [2.24, 2.45) is 0 Å². The van der Waals surface area contributed by atoms with Crippen molar-refractivity contribution in [3.8, 4) is 5.75 Å². The van der Waals surface area contributed by atoms with Crippen molar-refractivity contribution in [2.75, 3.05) is 6.54 Å². The number of carbonyl (C=O) groups is 1.